The van der Waals surface area contributed by atoms with Gasteiger partial charge in [-0.05, 0) is 36.8 Å². The number of aryl methyl sites for hydroxylation is 1. The highest BCUT2D eigenvalue weighted by Crippen LogP contribution is 2.46. The number of hydrogen-bond donors (Lipinski definition) is 2. The molecular formula is C17H14O5. The molecule has 0 aromatic heterocycles. The van der Waals surface area contributed by atoms with Crippen molar-refractivity contribution >= 4 is 17.5 Å². The Balaban J connectivity index is 0.000000396. The molecule has 0 bridgehead atoms. The van der Waals surface area contributed by atoms with Crippen LogP contribution in [0.3, 0.4) is 0 Å². The summed E-state index contributed by atoms with van der Waals surface area (Å²) in [6.45, 7) is 3.03. The second-order valence-electron chi connectivity index (χ2n) is 4.75. The maximum atomic E-state index is 11.2. The number of phenols is 1. The molecule has 1 heterocycles. The number of hydrogen-bond acceptors (Lipinski definition) is 4. The predicted octanol–water partition coefficient (Wildman–Crippen LogP) is 3.16. The summed E-state index contributed by atoms with van der Waals surface area (Å²) in [5.74, 6) is 2.19. The van der Waals surface area contributed by atoms with E-state index >= 15 is 0 Å². The van der Waals surface area contributed by atoms with Crippen LogP contribution in [0.15, 0.2) is 36.4 Å². The van der Waals surface area contributed by atoms with E-state index < -0.39 is 5.97 Å². The highest BCUT2D eigenvalue weighted by atomic mass is 16.5. The SMILES string of the molecule is CC(=O)O.Cc1ccc2c(c1)Oc1cccc(O)c1C2=C=O. The van der Waals surface area contributed by atoms with E-state index in [2.05, 4.69) is 0 Å². The number of carbonyl (C=O) groups is 1. The van der Waals surface area contributed by atoms with Crippen LogP contribution in [0.4, 0.5) is 0 Å². The van der Waals surface area contributed by atoms with Gasteiger partial charge < -0.3 is 14.9 Å². The summed E-state index contributed by atoms with van der Waals surface area (Å²) < 4.78 is 5.71. The summed E-state index contributed by atoms with van der Waals surface area (Å²) in [7, 11) is 0. The minimum Gasteiger partial charge on any atom is -0.507 e. The summed E-state index contributed by atoms with van der Waals surface area (Å²) in [4.78, 5) is 20.2. The third-order valence-electron chi connectivity index (χ3n) is 2.98. The molecule has 0 fully saturated rings. The maximum absolute atomic E-state index is 11.2. The Morgan fingerprint density at radius 1 is 1.18 bits per heavy atom. The van der Waals surface area contributed by atoms with Crippen LogP contribution in [0.2, 0.25) is 0 Å². The van der Waals surface area contributed by atoms with Gasteiger partial charge in [0, 0.05) is 12.5 Å². The molecule has 0 amide bonds. The van der Waals surface area contributed by atoms with Crippen molar-refractivity contribution in [2.45, 2.75) is 13.8 Å². The Morgan fingerprint density at radius 3 is 2.50 bits per heavy atom. The van der Waals surface area contributed by atoms with Crippen LogP contribution in [0.5, 0.6) is 17.2 Å². The predicted molar refractivity (Wildman–Crippen MR) is 80.9 cm³/mol. The highest BCUT2D eigenvalue weighted by molar-refractivity contribution is 6.03. The molecule has 2 aromatic carbocycles. The van der Waals surface area contributed by atoms with E-state index in [1.165, 1.54) is 6.07 Å². The highest BCUT2D eigenvalue weighted by Gasteiger charge is 2.25. The van der Waals surface area contributed by atoms with Crippen molar-refractivity contribution in [3.63, 3.8) is 0 Å². The van der Waals surface area contributed by atoms with Gasteiger partial charge in [-0.1, -0.05) is 12.1 Å². The first kappa shape index (κ1) is 15.4. The fraction of sp³-hybridized carbons (Fsp3) is 0.118. The summed E-state index contributed by atoms with van der Waals surface area (Å²) in [5.41, 5.74) is 2.44. The first-order valence-corrected chi connectivity index (χ1v) is 6.50. The molecular weight excluding hydrogens is 284 g/mol. The normalized spacial score (nSPS) is 11.1. The average molecular weight is 298 g/mol. The number of phenolic OH excluding ortho intramolecular Hbond substituents is 1. The van der Waals surface area contributed by atoms with Crippen molar-refractivity contribution in [2.75, 3.05) is 0 Å². The van der Waals surface area contributed by atoms with Gasteiger partial charge in [-0.3, -0.25) is 4.79 Å². The molecule has 0 atom stereocenters. The zero-order valence-electron chi connectivity index (χ0n) is 12.1. The zero-order chi connectivity index (χ0) is 16.3. The van der Waals surface area contributed by atoms with Crippen LogP contribution in [-0.2, 0) is 9.59 Å². The third kappa shape index (κ3) is 3.00. The van der Waals surface area contributed by atoms with E-state index in [0.29, 0.717) is 28.2 Å². The number of fused-ring (bicyclic) bond motifs is 2. The van der Waals surface area contributed by atoms with Gasteiger partial charge in [-0.25, -0.2) is 4.79 Å². The molecule has 0 saturated carbocycles. The molecule has 2 N–H and O–H groups in total. The lowest BCUT2D eigenvalue weighted by Crippen LogP contribution is -2.03. The number of carbonyl (C=O) groups excluding carboxylic acids is 1. The van der Waals surface area contributed by atoms with Crippen molar-refractivity contribution in [3.8, 4) is 17.2 Å². The molecule has 22 heavy (non-hydrogen) atoms. The maximum Gasteiger partial charge on any atom is 0.300 e. The first-order valence-electron chi connectivity index (χ1n) is 6.50. The minimum absolute atomic E-state index is 0.0251. The number of carboxylic acids is 1. The van der Waals surface area contributed by atoms with Gasteiger partial charge in [0.05, 0.1) is 11.1 Å². The standard InChI is InChI=1S/C15H10O3.C2H4O2/c1-9-5-6-10-11(8-16)15-12(17)3-2-4-13(15)18-14(10)7-9;1-2(3)4/h2-7,17H,1H3;1H3,(H,3,4). The van der Waals surface area contributed by atoms with E-state index in [4.69, 9.17) is 14.6 Å². The van der Waals surface area contributed by atoms with Crippen LogP contribution in [0.25, 0.3) is 5.57 Å². The quantitative estimate of drug-likeness (QED) is 0.623. The lowest BCUT2D eigenvalue weighted by molar-refractivity contribution is -0.134. The molecule has 0 radical (unpaired) electrons. The summed E-state index contributed by atoms with van der Waals surface area (Å²) >= 11 is 0. The van der Waals surface area contributed by atoms with Crippen LogP contribution in [0, 0.1) is 6.92 Å². The van der Waals surface area contributed by atoms with Crippen molar-refractivity contribution in [1.29, 1.82) is 0 Å². The number of aromatic hydroxyl groups is 1. The Labute approximate surface area is 127 Å². The number of rotatable bonds is 0. The number of carboxylic acid groups (broad SMARTS) is 1. The van der Waals surface area contributed by atoms with Gasteiger partial charge in [0.1, 0.15) is 23.2 Å². The van der Waals surface area contributed by atoms with Crippen LogP contribution in [0.1, 0.15) is 23.6 Å². The molecule has 0 aliphatic carbocycles. The second-order valence-corrected chi connectivity index (χ2v) is 4.75. The summed E-state index contributed by atoms with van der Waals surface area (Å²) in [6, 6.07) is 10.5. The fourth-order valence-corrected chi connectivity index (χ4v) is 2.14. The van der Waals surface area contributed by atoms with Crippen LogP contribution in [-0.4, -0.2) is 22.1 Å². The lowest BCUT2D eigenvalue weighted by atomic mass is 9.94. The van der Waals surface area contributed by atoms with E-state index in [1.54, 1.807) is 18.2 Å². The molecule has 5 heteroatoms. The molecule has 5 nitrogen and oxygen atoms in total. The lowest BCUT2D eigenvalue weighted by Gasteiger charge is -2.21. The van der Waals surface area contributed by atoms with Crippen LogP contribution >= 0.6 is 0 Å². The summed E-state index contributed by atoms with van der Waals surface area (Å²) in [5, 5.41) is 17.3. The van der Waals surface area contributed by atoms with E-state index in [-0.39, 0.29) is 5.75 Å². The molecule has 3 rings (SSSR count). The van der Waals surface area contributed by atoms with Gasteiger partial charge in [-0.15, -0.1) is 0 Å². The zero-order valence-corrected chi connectivity index (χ0v) is 12.1. The third-order valence-corrected chi connectivity index (χ3v) is 2.98. The minimum atomic E-state index is -0.833. The van der Waals surface area contributed by atoms with Crippen molar-refractivity contribution in [2.24, 2.45) is 0 Å². The Bertz CT molecular complexity index is 782. The Hall–Kier alpha value is -3.04. The van der Waals surface area contributed by atoms with Crippen molar-refractivity contribution in [1.82, 2.24) is 0 Å². The Kier molecular flexibility index (Phi) is 4.30. The van der Waals surface area contributed by atoms with Crippen molar-refractivity contribution in [3.05, 3.63) is 53.1 Å². The van der Waals surface area contributed by atoms with Gasteiger partial charge in [0.2, 0.25) is 0 Å². The number of aliphatic carboxylic acids is 1. The molecule has 1 aliphatic rings. The molecule has 0 spiro atoms. The topological polar surface area (TPSA) is 83.8 Å². The monoisotopic (exact) mass is 298 g/mol. The smallest absolute Gasteiger partial charge is 0.300 e. The molecule has 0 saturated heterocycles. The molecule has 1 aliphatic heterocycles. The van der Waals surface area contributed by atoms with E-state index in [0.717, 1.165) is 12.5 Å². The Morgan fingerprint density at radius 2 is 1.86 bits per heavy atom. The van der Waals surface area contributed by atoms with Gasteiger partial charge in [-0.2, -0.15) is 0 Å². The molecule has 2 aromatic rings. The van der Waals surface area contributed by atoms with E-state index in [1.807, 2.05) is 25.0 Å². The van der Waals surface area contributed by atoms with Crippen molar-refractivity contribution < 1.29 is 24.5 Å². The largest absolute Gasteiger partial charge is 0.507 e. The van der Waals surface area contributed by atoms with Crippen LogP contribution < -0.4 is 4.74 Å². The number of ether oxygens (including phenoxy) is 1. The molecule has 0 unspecified atom stereocenters. The summed E-state index contributed by atoms with van der Waals surface area (Å²) in [6.07, 6.45) is 0. The average Bonchev–Trinajstić information content (AvgIpc) is 2.44. The van der Waals surface area contributed by atoms with Gasteiger partial charge in [0.15, 0.2) is 0 Å². The first-order chi connectivity index (χ1) is 10.4. The fourth-order valence-electron chi connectivity index (χ4n) is 2.14. The number of benzene rings is 2. The van der Waals surface area contributed by atoms with Gasteiger partial charge in [0.25, 0.3) is 5.97 Å². The second kappa shape index (κ2) is 6.16. The molecule has 112 valence electrons. The van der Waals surface area contributed by atoms with Gasteiger partial charge >= 0.3 is 0 Å². The van der Waals surface area contributed by atoms with E-state index in [9.17, 15) is 9.90 Å².